The van der Waals surface area contributed by atoms with Crippen molar-refractivity contribution < 1.29 is 4.74 Å². The van der Waals surface area contributed by atoms with E-state index in [9.17, 15) is 0 Å². The second-order valence-electron chi connectivity index (χ2n) is 4.50. The third-order valence-corrected chi connectivity index (χ3v) is 3.90. The molecule has 0 saturated carbocycles. The number of nitrogen functional groups attached to an aromatic ring is 1. The van der Waals surface area contributed by atoms with Gasteiger partial charge in [0.05, 0.1) is 7.11 Å². The van der Waals surface area contributed by atoms with Crippen molar-refractivity contribution in [3.05, 3.63) is 23.8 Å². The number of benzene rings is 1. The quantitative estimate of drug-likeness (QED) is 0.772. The Morgan fingerprint density at radius 3 is 2.72 bits per heavy atom. The number of ether oxygens (including phenoxy) is 1. The first-order valence-corrected chi connectivity index (χ1v) is 7.63. The van der Waals surface area contributed by atoms with Crippen LogP contribution in [0.4, 0.5) is 5.69 Å². The van der Waals surface area contributed by atoms with Crippen LogP contribution in [0, 0.1) is 0 Å². The van der Waals surface area contributed by atoms with Gasteiger partial charge in [-0.25, -0.2) is 0 Å². The highest BCUT2D eigenvalue weighted by molar-refractivity contribution is 7.98. The third-order valence-electron chi connectivity index (χ3n) is 3.18. The molecule has 102 valence electrons. The molecule has 1 rings (SSSR count). The highest BCUT2D eigenvalue weighted by atomic mass is 32.2. The third kappa shape index (κ3) is 4.10. The molecule has 4 heteroatoms. The van der Waals surface area contributed by atoms with Gasteiger partial charge in [0.1, 0.15) is 5.75 Å². The van der Waals surface area contributed by atoms with Gasteiger partial charge in [0.15, 0.2) is 0 Å². The molecule has 1 aromatic carbocycles. The first kappa shape index (κ1) is 15.2. The minimum Gasteiger partial charge on any atom is -0.496 e. The molecule has 0 aliphatic heterocycles. The maximum Gasteiger partial charge on any atom is 0.123 e. The summed E-state index contributed by atoms with van der Waals surface area (Å²) < 4.78 is 5.39. The predicted octanol–water partition coefficient (Wildman–Crippen LogP) is 2.85. The van der Waals surface area contributed by atoms with Crippen molar-refractivity contribution in [1.82, 2.24) is 4.90 Å². The van der Waals surface area contributed by atoms with E-state index in [1.54, 1.807) is 7.11 Å². The topological polar surface area (TPSA) is 38.5 Å². The fraction of sp³-hybridized carbons (Fsp3) is 0.571. The SMILES string of the molecule is CCC(CSC)N(C)Cc1cc(N)ccc1OC. The van der Waals surface area contributed by atoms with Gasteiger partial charge in [-0.2, -0.15) is 11.8 Å². The van der Waals surface area contributed by atoms with Crippen molar-refractivity contribution in [1.29, 1.82) is 0 Å². The average molecular weight is 268 g/mol. The zero-order valence-corrected chi connectivity index (χ0v) is 12.6. The summed E-state index contributed by atoms with van der Waals surface area (Å²) in [4.78, 5) is 2.37. The van der Waals surface area contributed by atoms with Gasteiger partial charge in [-0.3, -0.25) is 4.90 Å². The molecule has 2 N–H and O–H groups in total. The van der Waals surface area contributed by atoms with Crippen molar-refractivity contribution in [2.45, 2.75) is 25.9 Å². The summed E-state index contributed by atoms with van der Waals surface area (Å²) in [6, 6.07) is 6.41. The van der Waals surface area contributed by atoms with E-state index < -0.39 is 0 Å². The molecule has 0 bridgehead atoms. The zero-order valence-electron chi connectivity index (χ0n) is 11.8. The fourth-order valence-corrected chi connectivity index (χ4v) is 2.94. The van der Waals surface area contributed by atoms with Crippen LogP contribution < -0.4 is 10.5 Å². The molecule has 0 heterocycles. The van der Waals surface area contributed by atoms with Gasteiger partial charge >= 0.3 is 0 Å². The van der Waals surface area contributed by atoms with Crippen LogP contribution in [0.25, 0.3) is 0 Å². The number of thioether (sulfide) groups is 1. The highest BCUT2D eigenvalue weighted by Crippen LogP contribution is 2.23. The van der Waals surface area contributed by atoms with E-state index in [-0.39, 0.29) is 0 Å². The maximum atomic E-state index is 5.85. The molecule has 3 nitrogen and oxygen atoms in total. The highest BCUT2D eigenvalue weighted by Gasteiger charge is 2.14. The van der Waals surface area contributed by atoms with Crippen LogP contribution in [-0.4, -0.2) is 37.1 Å². The lowest BCUT2D eigenvalue weighted by Crippen LogP contribution is -2.32. The first-order chi connectivity index (χ1) is 8.62. The lowest BCUT2D eigenvalue weighted by molar-refractivity contribution is 0.244. The van der Waals surface area contributed by atoms with Crippen molar-refractivity contribution in [3.63, 3.8) is 0 Å². The van der Waals surface area contributed by atoms with Crippen LogP contribution in [-0.2, 0) is 6.54 Å². The summed E-state index contributed by atoms with van der Waals surface area (Å²) in [7, 11) is 3.86. The Morgan fingerprint density at radius 2 is 2.17 bits per heavy atom. The van der Waals surface area contributed by atoms with Crippen molar-refractivity contribution >= 4 is 17.4 Å². The van der Waals surface area contributed by atoms with Crippen LogP contribution in [0.5, 0.6) is 5.75 Å². The summed E-state index contributed by atoms with van der Waals surface area (Å²) in [5.41, 5.74) is 7.79. The number of anilines is 1. The number of rotatable bonds is 7. The van der Waals surface area contributed by atoms with Gasteiger partial charge in [0.2, 0.25) is 0 Å². The average Bonchev–Trinajstić information content (AvgIpc) is 2.36. The first-order valence-electron chi connectivity index (χ1n) is 6.23. The zero-order chi connectivity index (χ0) is 13.5. The molecular weight excluding hydrogens is 244 g/mol. The van der Waals surface area contributed by atoms with E-state index >= 15 is 0 Å². The van der Waals surface area contributed by atoms with Crippen molar-refractivity contribution in [3.8, 4) is 5.75 Å². The molecule has 0 aliphatic carbocycles. The summed E-state index contributed by atoms with van der Waals surface area (Å²) in [5, 5.41) is 0. The Morgan fingerprint density at radius 1 is 1.44 bits per heavy atom. The number of nitrogens with two attached hydrogens (primary N) is 1. The minimum absolute atomic E-state index is 0.589. The lowest BCUT2D eigenvalue weighted by Gasteiger charge is -2.27. The molecule has 0 amide bonds. The Balaban J connectivity index is 2.79. The van der Waals surface area contributed by atoms with E-state index in [1.807, 2.05) is 30.0 Å². The van der Waals surface area contributed by atoms with Crippen molar-refractivity contribution in [2.24, 2.45) is 0 Å². The Hall–Kier alpha value is -0.870. The molecule has 1 unspecified atom stereocenters. The number of methoxy groups -OCH3 is 1. The molecule has 0 fully saturated rings. The standard InChI is InChI=1S/C14H24N2OS/c1-5-13(10-18-4)16(2)9-11-8-12(15)6-7-14(11)17-3/h6-8,13H,5,9-10,15H2,1-4H3. The Bertz CT molecular complexity index is 371. The van der Waals surface area contributed by atoms with Gasteiger partial charge in [-0.15, -0.1) is 0 Å². The largest absolute Gasteiger partial charge is 0.496 e. The predicted molar refractivity (Wildman–Crippen MR) is 81.3 cm³/mol. The lowest BCUT2D eigenvalue weighted by atomic mass is 10.1. The van der Waals surface area contributed by atoms with Gasteiger partial charge < -0.3 is 10.5 Å². The van der Waals surface area contributed by atoms with Crippen LogP contribution in [0.15, 0.2) is 18.2 Å². The monoisotopic (exact) mass is 268 g/mol. The van der Waals surface area contributed by atoms with Gasteiger partial charge in [0, 0.05) is 29.6 Å². The molecule has 1 atom stereocenters. The van der Waals surface area contributed by atoms with Crippen LogP contribution in [0.1, 0.15) is 18.9 Å². The second-order valence-corrected chi connectivity index (χ2v) is 5.41. The normalized spacial score (nSPS) is 12.7. The van der Waals surface area contributed by atoms with Crippen LogP contribution >= 0.6 is 11.8 Å². The van der Waals surface area contributed by atoms with Gasteiger partial charge in [0.25, 0.3) is 0 Å². The van der Waals surface area contributed by atoms with E-state index in [4.69, 9.17) is 10.5 Å². The number of nitrogens with zero attached hydrogens (tertiary/aromatic N) is 1. The number of hydrogen-bond acceptors (Lipinski definition) is 4. The fourth-order valence-electron chi connectivity index (χ4n) is 2.07. The minimum atomic E-state index is 0.589. The van der Waals surface area contributed by atoms with Crippen molar-refractivity contribution in [2.75, 3.05) is 31.9 Å². The molecule has 0 spiro atoms. The van der Waals surface area contributed by atoms with E-state index in [0.717, 1.165) is 35.7 Å². The summed E-state index contributed by atoms with van der Waals surface area (Å²) in [6.45, 7) is 3.10. The Labute approximate surface area is 115 Å². The second kappa shape index (κ2) is 7.54. The van der Waals surface area contributed by atoms with Crippen LogP contribution in [0.3, 0.4) is 0 Å². The van der Waals surface area contributed by atoms with E-state index in [1.165, 1.54) is 0 Å². The van der Waals surface area contributed by atoms with Gasteiger partial charge in [-0.1, -0.05) is 6.92 Å². The molecule has 0 aromatic heterocycles. The molecule has 18 heavy (non-hydrogen) atoms. The van der Waals surface area contributed by atoms with Crippen LogP contribution in [0.2, 0.25) is 0 Å². The molecule has 1 aromatic rings. The summed E-state index contributed by atoms with van der Waals surface area (Å²) in [6.07, 6.45) is 3.31. The smallest absolute Gasteiger partial charge is 0.123 e. The van der Waals surface area contributed by atoms with E-state index in [0.29, 0.717) is 6.04 Å². The summed E-state index contributed by atoms with van der Waals surface area (Å²) >= 11 is 1.89. The maximum absolute atomic E-state index is 5.85. The van der Waals surface area contributed by atoms with E-state index in [2.05, 4.69) is 25.1 Å². The number of hydrogen-bond donors (Lipinski definition) is 1. The molecule has 0 aliphatic rings. The summed E-state index contributed by atoms with van der Waals surface area (Å²) in [5.74, 6) is 2.06. The molecule has 0 saturated heterocycles. The molecular formula is C14H24N2OS. The Kier molecular flexibility index (Phi) is 6.36. The molecule has 0 radical (unpaired) electrons. The van der Waals surface area contributed by atoms with Gasteiger partial charge in [-0.05, 0) is 37.9 Å².